The van der Waals surface area contributed by atoms with Gasteiger partial charge >= 0.3 is 0 Å². The normalized spacial score (nSPS) is 10.7. The third-order valence-corrected chi connectivity index (χ3v) is 3.20. The Morgan fingerprint density at radius 2 is 1.91 bits per heavy atom. The summed E-state index contributed by atoms with van der Waals surface area (Å²) >= 11 is 0. The monoisotopic (exact) mass is 313 g/mol. The highest BCUT2D eigenvalue weighted by atomic mass is 19.1. The van der Waals surface area contributed by atoms with E-state index in [9.17, 15) is 14.0 Å². The molecule has 0 saturated carbocycles. The van der Waals surface area contributed by atoms with Crippen LogP contribution < -0.4 is 0 Å². The van der Waals surface area contributed by atoms with E-state index in [0.29, 0.717) is 17.9 Å². The van der Waals surface area contributed by atoms with Crippen LogP contribution in [0.25, 0.3) is 0 Å². The number of nitrogens with one attached hydrogen (secondary N) is 2. The lowest BCUT2D eigenvalue weighted by Gasteiger charge is -1.98. The third kappa shape index (κ3) is 3.54. The van der Waals surface area contributed by atoms with E-state index in [1.165, 1.54) is 18.3 Å². The van der Waals surface area contributed by atoms with Crippen LogP contribution >= 0.6 is 0 Å². The zero-order chi connectivity index (χ0) is 16.2. The fourth-order valence-electron chi connectivity index (χ4n) is 2.08. The van der Waals surface area contributed by atoms with Gasteiger partial charge in [0.15, 0.2) is 5.82 Å². The Kier molecular flexibility index (Phi) is 4.05. The molecular formula is C15H12FN5O2. The molecule has 3 rings (SSSR count). The maximum absolute atomic E-state index is 12.9. The highest BCUT2D eigenvalue weighted by Crippen LogP contribution is 2.09. The first kappa shape index (κ1) is 14.8. The topological polar surface area (TPSA) is 104 Å². The number of hydrogen-bond acceptors (Lipinski definition) is 5. The summed E-state index contributed by atoms with van der Waals surface area (Å²) in [5, 5.41) is 5.89. The summed E-state index contributed by atoms with van der Waals surface area (Å²) in [5.41, 5.74) is 1.41. The number of Topliss-reactive ketones (excluding diaryl/α,β-unsaturated/α-hetero) is 2. The number of carbonyl (C=O) groups excluding carboxylic acids is 2. The molecule has 116 valence electrons. The van der Waals surface area contributed by atoms with Crippen molar-refractivity contribution in [1.82, 2.24) is 25.1 Å². The SMILES string of the molecule is O=C(Cc1cnc(Cc2ccc(F)cc2)[nH]1)C(=O)c1ncn[nH]1. The number of imidazole rings is 1. The van der Waals surface area contributed by atoms with E-state index in [4.69, 9.17) is 0 Å². The molecule has 0 aliphatic heterocycles. The summed E-state index contributed by atoms with van der Waals surface area (Å²) in [6.07, 6.45) is 3.04. The van der Waals surface area contributed by atoms with Gasteiger partial charge in [0.25, 0.3) is 5.78 Å². The molecule has 1 aromatic carbocycles. The molecule has 0 spiro atoms. The van der Waals surface area contributed by atoms with Crippen molar-refractivity contribution in [1.29, 1.82) is 0 Å². The predicted molar refractivity (Wildman–Crippen MR) is 77.2 cm³/mol. The maximum atomic E-state index is 12.9. The van der Waals surface area contributed by atoms with Gasteiger partial charge < -0.3 is 4.98 Å². The van der Waals surface area contributed by atoms with E-state index in [1.54, 1.807) is 12.1 Å². The molecule has 0 atom stereocenters. The first-order valence-corrected chi connectivity index (χ1v) is 6.82. The number of hydrogen-bond donors (Lipinski definition) is 2. The Morgan fingerprint density at radius 3 is 2.61 bits per heavy atom. The van der Waals surface area contributed by atoms with Crippen LogP contribution in [-0.4, -0.2) is 36.7 Å². The van der Waals surface area contributed by atoms with E-state index in [2.05, 4.69) is 25.1 Å². The van der Waals surface area contributed by atoms with E-state index >= 15 is 0 Å². The van der Waals surface area contributed by atoms with Gasteiger partial charge in [0.05, 0.1) is 6.42 Å². The van der Waals surface area contributed by atoms with Crippen molar-refractivity contribution < 1.29 is 14.0 Å². The fourth-order valence-corrected chi connectivity index (χ4v) is 2.08. The Bertz CT molecular complexity index is 824. The van der Waals surface area contributed by atoms with Crippen molar-refractivity contribution in [3.8, 4) is 0 Å². The van der Waals surface area contributed by atoms with E-state index < -0.39 is 11.6 Å². The number of halogens is 1. The van der Waals surface area contributed by atoms with Gasteiger partial charge in [-0.25, -0.2) is 14.4 Å². The molecule has 0 bridgehead atoms. The Balaban J connectivity index is 1.64. The molecular weight excluding hydrogens is 301 g/mol. The van der Waals surface area contributed by atoms with Crippen LogP contribution in [0.4, 0.5) is 4.39 Å². The van der Waals surface area contributed by atoms with Gasteiger partial charge in [0.2, 0.25) is 5.78 Å². The van der Waals surface area contributed by atoms with Gasteiger partial charge in [-0.15, -0.1) is 0 Å². The molecule has 23 heavy (non-hydrogen) atoms. The lowest BCUT2D eigenvalue weighted by atomic mass is 10.1. The van der Waals surface area contributed by atoms with Crippen molar-refractivity contribution in [3.05, 3.63) is 65.5 Å². The van der Waals surface area contributed by atoms with Crippen LogP contribution in [0.3, 0.4) is 0 Å². The largest absolute Gasteiger partial charge is 0.345 e. The molecule has 0 saturated heterocycles. The van der Waals surface area contributed by atoms with Crippen molar-refractivity contribution in [2.75, 3.05) is 0 Å². The van der Waals surface area contributed by atoms with Crippen LogP contribution in [0.5, 0.6) is 0 Å². The first-order chi connectivity index (χ1) is 11.1. The van der Waals surface area contributed by atoms with Crippen LogP contribution in [0.2, 0.25) is 0 Å². The fraction of sp³-hybridized carbons (Fsp3) is 0.133. The zero-order valence-corrected chi connectivity index (χ0v) is 11.9. The number of carbonyl (C=O) groups is 2. The summed E-state index contributed by atoms with van der Waals surface area (Å²) in [4.78, 5) is 34.5. The van der Waals surface area contributed by atoms with Crippen molar-refractivity contribution in [2.24, 2.45) is 0 Å². The molecule has 0 aliphatic rings. The molecule has 0 radical (unpaired) electrons. The standard InChI is InChI=1S/C15H12FN5O2/c16-10-3-1-9(2-4-10)5-13-17-7-11(20-13)6-12(22)14(23)15-18-8-19-21-15/h1-4,7-8H,5-6H2,(H,17,20)(H,18,19,21). The molecule has 3 aromatic rings. The van der Waals surface area contributed by atoms with Crippen LogP contribution in [0.15, 0.2) is 36.8 Å². The average molecular weight is 313 g/mol. The number of H-pyrrole nitrogens is 2. The minimum absolute atomic E-state index is 0.0824. The molecule has 0 aliphatic carbocycles. The highest BCUT2D eigenvalue weighted by molar-refractivity contribution is 6.42. The van der Waals surface area contributed by atoms with Gasteiger partial charge in [-0.2, -0.15) is 5.10 Å². The van der Waals surface area contributed by atoms with Gasteiger partial charge in [0.1, 0.15) is 18.0 Å². The molecule has 8 heteroatoms. The van der Waals surface area contributed by atoms with Crippen molar-refractivity contribution >= 4 is 11.6 Å². The highest BCUT2D eigenvalue weighted by Gasteiger charge is 2.20. The Hall–Kier alpha value is -3.16. The van der Waals surface area contributed by atoms with E-state index in [0.717, 1.165) is 11.9 Å². The average Bonchev–Trinajstić information content (AvgIpc) is 3.21. The number of aromatic amines is 2. The predicted octanol–water partition coefficient (Wildman–Crippen LogP) is 1.25. The molecule has 2 N–H and O–H groups in total. The molecule has 7 nitrogen and oxygen atoms in total. The van der Waals surface area contributed by atoms with Gasteiger partial charge in [0, 0.05) is 18.3 Å². The van der Waals surface area contributed by atoms with Gasteiger partial charge in [-0.3, -0.25) is 14.7 Å². The second-order valence-corrected chi connectivity index (χ2v) is 4.92. The minimum atomic E-state index is -0.725. The number of rotatable bonds is 6. The molecule has 0 fully saturated rings. The van der Waals surface area contributed by atoms with Crippen LogP contribution in [0, 0.1) is 5.82 Å². The number of ketones is 2. The third-order valence-electron chi connectivity index (χ3n) is 3.20. The summed E-state index contributed by atoms with van der Waals surface area (Å²) < 4.78 is 12.9. The number of aromatic nitrogens is 5. The zero-order valence-electron chi connectivity index (χ0n) is 11.9. The second kappa shape index (κ2) is 6.30. The molecule has 2 heterocycles. The Labute approximate surface area is 130 Å². The minimum Gasteiger partial charge on any atom is -0.345 e. The van der Waals surface area contributed by atoms with Crippen LogP contribution in [-0.2, 0) is 17.6 Å². The Morgan fingerprint density at radius 1 is 1.13 bits per heavy atom. The summed E-state index contributed by atoms with van der Waals surface area (Å²) in [5.74, 6) is -1.09. The molecule has 2 aromatic heterocycles. The van der Waals surface area contributed by atoms with Crippen molar-refractivity contribution in [3.63, 3.8) is 0 Å². The van der Waals surface area contributed by atoms with Gasteiger partial charge in [-0.05, 0) is 17.7 Å². The first-order valence-electron chi connectivity index (χ1n) is 6.82. The summed E-state index contributed by atoms with van der Waals surface area (Å²) in [7, 11) is 0. The van der Waals surface area contributed by atoms with Crippen LogP contribution in [0.1, 0.15) is 27.7 Å². The van der Waals surface area contributed by atoms with E-state index in [-0.39, 0.29) is 18.1 Å². The molecule has 0 amide bonds. The molecule has 0 unspecified atom stereocenters. The number of nitrogens with zero attached hydrogens (tertiary/aromatic N) is 3. The van der Waals surface area contributed by atoms with E-state index in [1.807, 2.05) is 0 Å². The lowest BCUT2D eigenvalue weighted by Crippen LogP contribution is -2.18. The number of benzene rings is 1. The second-order valence-electron chi connectivity index (χ2n) is 4.92. The smallest absolute Gasteiger partial charge is 0.265 e. The lowest BCUT2D eigenvalue weighted by molar-refractivity contribution is -0.114. The summed E-state index contributed by atoms with van der Waals surface area (Å²) in [6.45, 7) is 0. The maximum Gasteiger partial charge on any atom is 0.265 e. The van der Waals surface area contributed by atoms with Crippen molar-refractivity contribution in [2.45, 2.75) is 12.8 Å². The summed E-state index contributed by atoms with van der Waals surface area (Å²) in [6, 6.07) is 6.07. The quantitative estimate of drug-likeness (QED) is 0.526. The van der Waals surface area contributed by atoms with Gasteiger partial charge in [-0.1, -0.05) is 12.1 Å².